The number of hydrogen-bond acceptors (Lipinski definition) is 4. The number of fused-ring (bicyclic) bond motifs is 1. The summed E-state index contributed by atoms with van der Waals surface area (Å²) in [4.78, 5) is 22.7. The first kappa shape index (κ1) is 14.2. The lowest BCUT2D eigenvalue weighted by Crippen LogP contribution is -2.49. The number of aryl methyl sites for hydroxylation is 1. The Kier molecular flexibility index (Phi) is 3.83. The van der Waals surface area contributed by atoms with E-state index >= 15 is 0 Å². The fourth-order valence-electron chi connectivity index (χ4n) is 1.82. The van der Waals surface area contributed by atoms with E-state index in [1.54, 1.807) is 6.07 Å². The van der Waals surface area contributed by atoms with Gasteiger partial charge in [0, 0.05) is 6.42 Å². The van der Waals surface area contributed by atoms with E-state index in [0.717, 1.165) is 5.56 Å². The molecular formula is C14H17NO5. The van der Waals surface area contributed by atoms with Crippen LogP contribution in [-0.2, 0) is 16.0 Å². The van der Waals surface area contributed by atoms with Gasteiger partial charge in [-0.15, -0.1) is 0 Å². The van der Waals surface area contributed by atoms with Crippen molar-refractivity contribution in [3.8, 4) is 11.5 Å². The fourth-order valence-corrected chi connectivity index (χ4v) is 1.82. The molecule has 1 aliphatic heterocycles. The van der Waals surface area contributed by atoms with E-state index in [-0.39, 0.29) is 19.1 Å². The van der Waals surface area contributed by atoms with Gasteiger partial charge in [-0.25, -0.2) is 4.79 Å². The Hall–Kier alpha value is -2.24. The minimum Gasteiger partial charge on any atom is -0.480 e. The highest BCUT2D eigenvalue weighted by molar-refractivity contribution is 5.86. The SMILES string of the molecule is CC(C)(NC(=O)CCc1ccc2c(c1)OCO2)C(=O)O. The Morgan fingerprint density at radius 2 is 2.00 bits per heavy atom. The first-order chi connectivity index (χ1) is 9.38. The van der Waals surface area contributed by atoms with Crippen molar-refractivity contribution in [2.45, 2.75) is 32.2 Å². The normalized spacial score (nSPS) is 13.1. The lowest BCUT2D eigenvalue weighted by Gasteiger charge is -2.20. The van der Waals surface area contributed by atoms with Crippen LogP contribution in [0.1, 0.15) is 25.8 Å². The topological polar surface area (TPSA) is 84.9 Å². The van der Waals surface area contributed by atoms with Crippen molar-refractivity contribution in [2.75, 3.05) is 6.79 Å². The Morgan fingerprint density at radius 1 is 1.30 bits per heavy atom. The van der Waals surface area contributed by atoms with E-state index in [9.17, 15) is 9.59 Å². The number of carbonyl (C=O) groups is 2. The van der Waals surface area contributed by atoms with Gasteiger partial charge in [-0.1, -0.05) is 6.07 Å². The van der Waals surface area contributed by atoms with E-state index in [1.807, 2.05) is 12.1 Å². The number of carbonyl (C=O) groups excluding carboxylic acids is 1. The molecule has 0 saturated heterocycles. The number of aliphatic carboxylic acids is 1. The van der Waals surface area contributed by atoms with Crippen LogP contribution in [0.3, 0.4) is 0 Å². The number of rotatable bonds is 5. The molecule has 2 N–H and O–H groups in total. The molecule has 1 aromatic carbocycles. The molecule has 0 saturated carbocycles. The quantitative estimate of drug-likeness (QED) is 0.849. The minimum absolute atomic E-state index is 0.214. The molecule has 6 heteroatoms. The summed E-state index contributed by atoms with van der Waals surface area (Å²) in [6.45, 7) is 3.12. The average molecular weight is 279 g/mol. The van der Waals surface area contributed by atoms with Gasteiger partial charge in [-0.3, -0.25) is 4.79 Å². The highest BCUT2D eigenvalue weighted by Gasteiger charge is 2.28. The van der Waals surface area contributed by atoms with Crippen LogP contribution in [0.2, 0.25) is 0 Å². The van der Waals surface area contributed by atoms with Crippen LogP contribution in [0, 0.1) is 0 Å². The number of nitrogens with one attached hydrogen (secondary N) is 1. The molecule has 1 aliphatic rings. The molecule has 0 spiro atoms. The number of hydrogen-bond donors (Lipinski definition) is 2. The number of carboxylic acid groups (broad SMARTS) is 1. The summed E-state index contributed by atoms with van der Waals surface area (Å²) in [5, 5.41) is 11.4. The summed E-state index contributed by atoms with van der Waals surface area (Å²) < 4.78 is 10.5. The maximum absolute atomic E-state index is 11.7. The van der Waals surface area contributed by atoms with Gasteiger partial charge in [0.1, 0.15) is 5.54 Å². The molecule has 6 nitrogen and oxygen atoms in total. The minimum atomic E-state index is -1.26. The van der Waals surface area contributed by atoms with E-state index in [1.165, 1.54) is 13.8 Å². The van der Waals surface area contributed by atoms with Crippen LogP contribution in [0.25, 0.3) is 0 Å². The Balaban J connectivity index is 1.89. The van der Waals surface area contributed by atoms with Gasteiger partial charge in [0.2, 0.25) is 12.7 Å². The van der Waals surface area contributed by atoms with E-state index in [4.69, 9.17) is 14.6 Å². The fraction of sp³-hybridized carbons (Fsp3) is 0.429. The van der Waals surface area contributed by atoms with Gasteiger partial charge in [0.15, 0.2) is 11.5 Å². The molecule has 0 unspecified atom stereocenters. The molecule has 0 atom stereocenters. The lowest BCUT2D eigenvalue weighted by atomic mass is 10.0. The third kappa shape index (κ3) is 3.20. The van der Waals surface area contributed by atoms with Crippen LogP contribution in [0.5, 0.6) is 11.5 Å². The molecule has 1 aromatic rings. The maximum atomic E-state index is 11.7. The van der Waals surface area contributed by atoms with Crippen molar-refractivity contribution >= 4 is 11.9 Å². The van der Waals surface area contributed by atoms with Crippen molar-refractivity contribution < 1.29 is 24.2 Å². The molecule has 0 bridgehead atoms. The van der Waals surface area contributed by atoms with Gasteiger partial charge in [-0.05, 0) is 38.0 Å². The summed E-state index contributed by atoms with van der Waals surface area (Å²) in [7, 11) is 0. The van der Waals surface area contributed by atoms with Crippen molar-refractivity contribution in [3.63, 3.8) is 0 Å². The molecule has 1 amide bonds. The summed E-state index contributed by atoms with van der Waals surface area (Å²) in [5.41, 5.74) is -0.316. The zero-order valence-electron chi connectivity index (χ0n) is 11.4. The van der Waals surface area contributed by atoms with Gasteiger partial charge in [0.25, 0.3) is 0 Å². The number of benzene rings is 1. The van der Waals surface area contributed by atoms with Gasteiger partial charge >= 0.3 is 5.97 Å². The third-order valence-electron chi connectivity index (χ3n) is 3.06. The summed E-state index contributed by atoms with van der Waals surface area (Å²) in [5.74, 6) is 0.0167. The monoisotopic (exact) mass is 279 g/mol. The summed E-state index contributed by atoms with van der Waals surface area (Å²) in [6, 6.07) is 5.50. The molecule has 0 aliphatic carbocycles. The van der Waals surface area contributed by atoms with E-state index in [0.29, 0.717) is 17.9 Å². The molecule has 20 heavy (non-hydrogen) atoms. The van der Waals surface area contributed by atoms with Gasteiger partial charge < -0.3 is 19.9 Å². The third-order valence-corrected chi connectivity index (χ3v) is 3.06. The highest BCUT2D eigenvalue weighted by Crippen LogP contribution is 2.32. The zero-order chi connectivity index (χ0) is 14.8. The summed E-state index contributed by atoms with van der Waals surface area (Å²) >= 11 is 0. The van der Waals surface area contributed by atoms with Crippen LogP contribution >= 0.6 is 0 Å². The second kappa shape index (κ2) is 5.40. The molecule has 0 fully saturated rings. The predicted molar refractivity (Wildman–Crippen MR) is 70.7 cm³/mol. The Morgan fingerprint density at radius 3 is 2.70 bits per heavy atom. The van der Waals surface area contributed by atoms with Crippen LogP contribution in [0.15, 0.2) is 18.2 Å². The standard InChI is InChI=1S/C14H17NO5/c1-14(2,13(17)18)15-12(16)6-4-9-3-5-10-11(7-9)20-8-19-10/h3,5,7H,4,6,8H2,1-2H3,(H,15,16)(H,17,18). The highest BCUT2D eigenvalue weighted by atomic mass is 16.7. The second-order valence-corrected chi connectivity index (χ2v) is 5.17. The number of amides is 1. The van der Waals surface area contributed by atoms with Crippen LogP contribution in [-0.4, -0.2) is 29.3 Å². The van der Waals surface area contributed by atoms with E-state index < -0.39 is 11.5 Å². The van der Waals surface area contributed by atoms with Crippen molar-refractivity contribution in [1.29, 1.82) is 0 Å². The average Bonchev–Trinajstić information content (AvgIpc) is 2.82. The molecular weight excluding hydrogens is 262 g/mol. The second-order valence-electron chi connectivity index (χ2n) is 5.17. The van der Waals surface area contributed by atoms with Gasteiger partial charge in [0.05, 0.1) is 0 Å². The summed E-state index contributed by atoms with van der Waals surface area (Å²) in [6.07, 6.45) is 0.731. The largest absolute Gasteiger partial charge is 0.480 e. The number of carboxylic acids is 1. The maximum Gasteiger partial charge on any atom is 0.328 e. The first-order valence-corrected chi connectivity index (χ1v) is 6.31. The van der Waals surface area contributed by atoms with Crippen LogP contribution in [0.4, 0.5) is 0 Å². The molecule has 2 rings (SSSR count). The molecule has 1 heterocycles. The number of ether oxygens (including phenoxy) is 2. The molecule has 0 aromatic heterocycles. The molecule has 108 valence electrons. The smallest absolute Gasteiger partial charge is 0.328 e. The first-order valence-electron chi connectivity index (χ1n) is 6.31. The van der Waals surface area contributed by atoms with Crippen molar-refractivity contribution in [2.24, 2.45) is 0 Å². The zero-order valence-corrected chi connectivity index (χ0v) is 11.4. The predicted octanol–water partition coefficient (Wildman–Crippen LogP) is 1.33. The molecule has 0 radical (unpaired) electrons. The van der Waals surface area contributed by atoms with E-state index in [2.05, 4.69) is 5.32 Å². The van der Waals surface area contributed by atoms with Crippen molar-refractivity contribution in [3.05, 3.63) is 23.8 Å². The van der Waals surface area contributed by atoms with Crippen LogP contribution < -0.4 is 14.8 Å². The Labute approximate surface area is 116 Å². The Bertz CT molecular complexity index is 538. The van der Waals surface area contributed by atoms with Gasteiger partial charge in [-0.2, -0.15) is 0 Å². The lowest BCUT2D eigenvalue weighted by molar-refractivity contribution is -0.146. The van der Waals surface area contributed by atoms with Crippen molar-refractivity contribution in [1.82, 2.24) is 5.32 Å².